The molecule has 0 radical (unpaired) electrons. The molecule has 0 spiro atoms. The molecular weight excluding hydrogens is 709 g/mol. The van der Waals surface area contributed by atoms with Gasteiger partial charge in [-0.2, -0.15) is 0 Å². The number of allylic oxidation sites excluding steroid dienone is 2. The van der Waals surface area contributed by atoms with Crippen molar-refractivity contribution in [3.8, 4) is 0 Å². The first-order valence-electron chi connectivity index (χ1n) is 23.1. The largest absolute Gasteiger partial charge is 0.394 e. The Kier molecular flexibility index (Phi) is 21.4. The van der Waals surface area contributed by atoms with Crippen LogP contribution < -0.4 is 0 Å². The van der Waals surface area contributed by atoms with E-state index in [9.17, 15) is 30.6 Å². The lowest BCUT2D eigenvalue weighted by molar-refractivity contribution is -0.303. The van der Waals surface area contributed by atoms with Crippen LogP contribution >= 0.6 is 0 Å². The van der Waals surface area contributed by atoms with Crippen LogP contribution in [0.5, 0.6) is 0 Å². The average Bonchev–Trinajstić information content (AvgIpc) is 3.67. The van der Waals surface area contributed by atoms with Crippen LogP contribution in [0.2, 0.25) is 0 Å². The Bertz CT molecular complexity index is 1220. The molecule has 2 fully saturated rings. The normalized spacial score (nSPS) is 27.4. The number of hydrogen-bond acceptors (Lipinski definition) is 9. The Morgan fingerprint density at radius 3 is 1.93 bits per heavy atom. The maximum atomic E-state index is 11.4. The van der Waals surface area contributed by atoms with Crippen LogP contribution in [0.4, 0.5) is 0 Å². The highest BCUT2D eigenvalue weighted by atomic mass is 16.7. The topological polar surface area (TPSA) is 169 Å². The zero-order chi connectivity index (χ0) is 40.3. The van der Waals surface area contributed by atoms with E-state index in [-0.39, 0.29) is 6.61 Å². The number of rotatable bonds is 31. The fraction of sp³-hybridized carbons (Fsp3) is 0.891. The van der Waals surface area contributed by atoms with E-state index >= 15 is 0 Å². The fourth-order valence-electron chi connectivity index (χ4n) is 9.53. The minimum atomic E-state index is -1.57. The van der Waals surface area contributed by atoms with Crippen molar-refractivity contribution in [3.05, 3.63) is 29.4 Å². The Hall–Kier alpha value is -1.37. The van der Waals surface area contributed by atoms with Crippen molar-refractivity contribution < 1.29 is 40.1 Å². The molecule has 0 aromatic carbocycles. The quantitative estimate of drug-likeness (QED) is 0.0290. The predicted molar refractivity (Wildman–Crippen MR) is 222 cm³/mol. The summed E-state index contributed by atoms with van der Waals surface area (Å²) in [6.45, 7) is 6.45. The average molecular weight is 791 g/mol. The minimum absolute atomic E-state index is 0.164. The number of aromatic nitrogens is 2. The summed E-state index contributed by atoms with van der Waals surface area (Å²) in [4.78, 5) is 7.95. The van der Waals surface area contributed by atoms with E-state index in [1.165, 1.54) is 116 Å². The molecule has 4 aliphatic rings. The van der Waals surface area contributed by atoms with Gasteiger partial charge < -0.3 is 45.1 Å². The summed E-state index contributed by atoms with van der Waals surface area (Å²) in [5.74, 6) is 1.49. The number of imidazole rings is 1. The molecule has 0 amide bonds. The van der Waals surface area contributed by atoms with E-state index in [1.54, 1.807) is 11.8 Å². The Labute approximate surface area is 339 Å². The van der Waals surface area contributed by atoms with Gasteiger partial charge in [-0.05, 0) is 62.2 Å². The van der Waals surface area contributed by atoms with Gasteiger partial charge in [0, 0.05) is 11.9 Å². The molecule has 5 rings (SSSR count). The minimum Gasteiger partial charge on any atom is -0.394 e. The Morgan fingerprint density at radius 2 is 1.36 bits per heavy atom. The van der Waals surface area contributed by atoms with Gasteiger partial charge in [-0.1, -0.05) is 148 Å². The van der Waals surface area contributed by atoms with Crippen LogP contribution in [0, 0.1) is 17.3 Å². The third-order valence-corrected chi connectivity index (χ3v) is 13.7. The van der Waals surface area contributed by atoms with Crippen LogP contribution in [-0.2, 0) is 15.9 Å². The molecule has 5 unspecified atom stereocenters. The van der Waals surface area contributed by atoms with Crippen molar-refractivity contribution in [3.63, 3.8) is 0 Å². The van der Waals surface area contributed by atoms with Gasteiger partial charge in [0.15, 0.2) is 6.29 Å². The lowest BCUT2D eigenvalue weighted by Gasteiger charge is -2.56. The van der Waals surface area contributed by atoms with Crippen LogP contribution in [-0.4, -0.2) is 96.7 Å². The molecule has 7 N–H and O–H groups in total. The second-order valence-electron chi connectivity index (χ2n) is 18.3. The van der Waals surface area contributed by atoms with Crippen LogP contribution in [0.3, 0.4) is 0 Å². The van der Waals surface area contributed by atoms with Crippen molar-refractivity contribution >= 4 is 0 Å². The Morgan fingerprint density at radius 1 is 0.786 bits per heavy atom. The summed E-state index contributed by atoms with van der Waals surface area (Å²) in [5, 5.41) is 63.2. The number of aliphatic hydroxyl groups excluding tert-OH is 6. The van der Waals surface area contributed by atoms with E-state index < -0.39 is 55.4 Å². The molecule has 1 aliphatic heterocycles. The lowest BCUT2D eigenvalue weighted by Crippen LogP contribution is -2.59. The lowest BCUT2D eigenvalue weighted by atomic mass is 9.48. The monoisotopic (exact) mass is 791 g/mol. The highest BCUT2D eigenvalue weighted by Gasteiger charge is 2.50. The van der Waals surface area contributed by atoms with E-state index in [0.717, 1.165) is 56.1 Å². The van der Waals surface area contributed by atoms with E-state index in [2.05, 4.69) is 36.8 Å². The molecule has 10 nitrogen and oxygen atoms in total. The number of nitrogens with zero attached hydrogens (tertiary/aromatic N) is 1. The number of H-pyrrole nitrogens is 1. The first-order chi connectivity index (χ1) is 27.1. The van der Waals surface area contributed by atoms with Gasteiger partial charge in [0.25, 0.3) is 0 Å². The molecule has 10 atom stereocenters. The summed E-state index contributed by atoms with van der Waals surface area (Å²) in [5.41, 5.74) is 3.23. The molecule has 2 heterocycles. The summed E-state index contributed by atoms with van der Waals surface area (Å²) in [6, 6.07) is 0. The summed E-state index contributed by atoms with van der Waals surface area (Å²) in [6.07, 6.45) is 24.9. The molecule has 324 valence electrons. The first kappa shape index (κ1) is 47.3. The summed E-state index contributed by atoms with van der Waals surface area (Å²) in [7, 11) is 0. The zero-order valence-electron chi connectivity index (χ0n) is 35.5. The highest BCUT2D eigenvalue weighted by Crippen LogP contribution is 2.60. The predicted octanol–water partition coefficient (Wildman–Crippen LogP) is 8.17. The number of nitrogens with one attached hydrogen (secondary N) is 1. The molecule has 1 aromatic heterocycles. The van der Waals surface area contributed by atoms with E-state index in [0.29, 0.717) is 17.7 Å². The smallest absolute Gasteiger partial charge is 0.186 e. The molecule has 2 bridgehead atoms. The van der Waals surface area contributed by atoms with Gasteiger partial charge in [-0.15, -0.1) is 0 Å². The number of hydrogen-bond donors (Lipinski definition) is 7. The molecule has 10 heteroatoms. The van der Waals surface area contributed by atoms with Crippen LogP contribution in [0.25, 0.3) is 0 Å². The summed E-state index contributed by atoms with van der Waals surface area (Å²) >= 11 is 0. The molecule has 56 heavy (non-hydrogen) atoms. The number of aromatic amines is 1. The van der Waals surface area contributed by atoms with Crippen molar-refractivity contribution in [2.75, 3.05) is 13.2 Å². The van der Waals surface area contributed by atoms with Gasteiger partial charge in [-0.3, -0.25) is 0 Å². The number of unbranched alkanes of at least 4 members (excludes halogenated alkanes) is 18. The van der Waals surface area contributed by atoms with Gasteiger partial charge in [0.2, 0.25) is 0 Å². The second kappa shape index (κ2) is 25.3. The first-order valence-corrected chi connectivity index (χ1v) is 23.1. The third kappa shape index (κ3) is 14.4. The second-order valence-corrected chi connectivity index (χ2v) is 18.3. The van der Waals surface area contributed by atoms with Gasteiger partial charge >= 0.3 is 0 Å². The number of aryl methyl sites for hydroxylation is 1. The third-order valence-electron chi connectivity index (χ3n) is 13.7. The van der Waals surface area contributed by atoms with Gasteiger partial charge in [0.05, 0.1) is 31.3 Å². The number of aliphatic hydroxyl groups is 6. The van der Waals surface area contributed by atoms with E-state index in [4.69, 9.17) is 9.47 Å². The van der Waals surface area contributed by atoms with Crippen LogP contribution in [0.15, 0.2) is 17.8 Å². The molecule has 3 aliphatic carbocycles. The van der Waals surface area contributed by atoms with E-state index in [1.807, 2.05) is 0 Å². The maximum Gasteiger partial charge on any atom is 0.186 e. The van der Waals surface area contributed by atoms with Crippen molar-refractivity contribution in [2.24, 2.45) is 17.3 Å². The zero-order valence-corrected chi connectivity index (χ0v) is 35.5. The van der Waals surface area contributed by atoms with Gasteiger partial charge in [-0.25, -0.2) is 4.98 Å². The molecular formula is C46H82N2O8. The maximum absolute atomic E-state index is 11.4. The highest BCUT2D eigenvalue weighted by molar-refractivity contribution is 5.23. The van der Waals surface area contributed by atoms with Crippen molar-refractivity contribution in [1.29, 1.82) is 0 Å². The molecule has 1 aromatic rings. The SMILES string of the molecule is CCCCCCCCCCCCCC[C@@H](O)[C@@H](O)[C@H](COC1OC(CO)C(O)C(O)C1O)c1ncc(CCCCCCCCCCC2=CC[C@H]3C[C@@H]2C3(C)C)[nH]1. The molecule has 1 saturated heterocycles. The van der Waals surface area contributed by atoms with Crippen molar-refractivity contribution in [1.82, 2.24) is 9.97 Å². The standard InChI is InChI=1S/C46H82N2O8/c1-4-5-6-7-8-9-10-11-12-17-20-23-26-38(50)40(51)36(32-55-45-43(54)42(53)41(52)39(31-49)56-45)44-47-30-35(48-44)25-22-19-16-14-13-15-18-21-24-33-27-28-34-29-37(33)46(34,2)3/h27,30,34,36-43,45,49-54H,4-26,28-29,31-32H2,1-3H3,(H,47,48)/t34-,36-,37-,38+,39?,40-,41?,42?,43?,45?/m0/s1. The number of ether oxygens (including phenoxy) is 2. The number of fused-ring (bicyclic) bond motifs is 1. The van der Waals surface area contributed by atoms with Crippen LogP contribution in [0.1, 0.15) is 192 Å². The molecule has 1 saturated carbocycles. The van der Waals surface area contributed by atoms with Gasteiger partial charge in [0.1, 0.15) is 30.2 Å². The summed E-state index contributed by atoms with van der Waals surface area (Å²) < 4.78 is 11.4. The fourth-order valence-corrected chi connectivity index (χ4v) is 9.53. The Balaban J connectivity index is 1.16. The van der Waals surface area contributed by atoms with Crippen molar-refractivity contribution in [2.45, 2.75) is 230 Å².